The monoisotopic (exact) mass is 283 g/mol. The van der Waals surface area contributed by atoms with E-state index in [0.29, 0.717) is 6.42 Å². The molecule has 0 amide bonds. The summed E-state index contributed by atoms with van der Waals surface area (Å²) >= 11 is 0. The highest BCUT2D eigenvalue weighted by Crippen LogP contribution is 2.11. The average Bonchev–Trinajstić information content (AvgIpc) is 2.37. The number of aliphatic carboxylic acids is 1. The van der Waals surface area contributed by atoms with Crippen LogP contribution in [0.3, 0.4) is 0 Å². The van der Waals surface area contributed by atoms with Gasteiger partial charge in [-0.15, -0.1) is 0 Å². The first-order chi connectivity index (χ1) is 8.95. The van der Waals surface area contributed by atoms with Crippen molar-refractivity contribution >= 4 is 28.4 Å². The maximum Gasteiger partial charge on any atom is 0.318 e. The van der Waals surface area contributed by atoms with Gasteiger partial charge >= 0.3 is 5.97 Å². The maximum absolute atomic E-state index is 11.7. The van der Waals surface area contributed by atoms with E-state index in [9.17, 15) is 18.0 Å². The number of aldehydes is 1. The number of rotatable bonds is 7. The minimum atomic E-state index is -3.81. The Morgan fingerprint density at radius 3 is 2.42 bits per heavy atom. The number of carbonyl (C=O) groups is 2. The zero-order chi connectivity index (χ0) is 14.3. The van der Waals surface area contributed by atoms with Crippen molar-refractivity contribution in [2.24, 2.45) is 0 Å². The molecule has 0 aromatic heterocycles. The van der Waals surface area contributed by atoms with Crippen LogP contribution in [0.2, 0.25) is 0 Å². The molecule has 0 saturated carbocycles. The van der Waals surface area contributed by atoms with E-state index in [1.807, 2.05) is 4.72 Å². The number of benzene rings is 1. The van der Waals surface area contributed by atoms with Crippen LogP contribution in [0, 0.1) is 0 Å². The number of hydrogen-bond acceptors (Lipinski definition) is 4. The zero-order valence-electron chi connectivity index (χ0n) is 9.94. The largest absolute Gasteiger partial charge is 0.480 e. The number of sulfonamides is 1. The van der Waals surface area contributed by atoms with Gasteiger partial charge in [-0.1, -0.05) is 24.3 Å². The summed E-state index contributed by atoms with van der Waals surface area (Å²) in [7, 11) is -3.81. The van der Waals surface area contributed by atoms with Crippen molar-refractivity contribution in [1.29, 1.82) is 0 Å². The third kappa shape index (κ3) is 5.02. The first-order valence-electron chi connectivity index (χ1n) is 5.37. The molecule has 0 unspecified atom stereocenters. The zero-order valence-corrected chi connectivity index (χ0v) is 10.8. The lowest BCUT2D eigenvalue weighted by molar-refractivity contribution is -0.135. The number of carbonyl (C=O) groups excluding carboxylic acids is 1. The van der Waals surface area contributed by atoms with Gasteiger partial charge in [0.25, 0.3) is 0 Å². The van der Waals surface area contributed by atoms with Crippen LogP contribution in [0.1, 0.15) is 12.0 Å². The number of carboxylic acids is 1. The van der Waals surface area contributed by atoms with Gasteiger partial charge in [0.05, 0.1) is 4.90 Å². The van der Waals surface area contributed by atoms with Gasteiger partial charge in [0, 0.05) is 6.42 Å². The number of nitrogens with one attached hydrogen (secondary N) is 1. The van der Waals surface area contributed by atoms with E-state index < -0.39 is 22.5 Å². The van der Waals surface area contributed by atoms with Crippen molar-refractivity contribution in [3.63, 3.8) is 0 Å². The highest BCUT2D eigenvalue weighted by atomic mass is 32.2. The topological polar surface area (TPSA) is 101 Å². The lowest BCUT2D eigenvalue weighted by Crippen LogP contribution is -2.29. The molecule has 0 aliphatic carbocycles. The second-order valence-electron chi connectivity index (χ2n) is 3.59. The molecule has 1 rings (SSSR count). The third-order valence-electron chi connectivity index (χ3n) is 2.15. The van der Waals surface area contributed by atoms with E-state index in [2.05, 4.69) is 0 Å². The summed E-state index contributed by atoms with van der Waals surface area (Å²) in [6.07, 6.45) is 4.39. The van der Waals surface area contributed by atoms with Crippen molar-refractivity contribution in [2.45, 2.75) is 11.3 Å². The molecule has 0 saturated heterocycles. The Morgan fingerprint density at radius 1 is 1.26 bits per heavy atom. The van der Waals surface area contributed by atoms with Crippen molar-refractivity contribution in [3.8, 4) is 0 Å². The predicted molar refractivity (Wildman–Crippen MR) is 69.0 cm³/mol. The molecule has 0 aliphatic heterocycles. The molecular formula is C12H13NO5S. The van der Waals surface area contributed by atoms with Gasteiger partial charge in [0.1, 0.15) is 12.8 Å². The SMILES string of the molecule is O=CCC=Cc1ccc(S(=O)(=O)NCC(=O)O)cc1. The smallest absolute Gasteiger partial charge is 0.318 e. The number of allylic oxidation sites excluding steroid dienone is 1. The molecule has 0 atom stereocenters. The molecule has 0 heterocycles. The van der Waals surface area contributed by atoms with Crippen LogP contribution in [-0.4, -0.2) is 32.3 Å². The molecule has 0 bridgehead atoms. The molecule has 2 N–H and O–H groups in total. The van der Waals surface area contributed by atoms with E-state index in [1.165, 1.54) is 12.1 Å². The predicted octanol–water partition coefficient (Wildman–Crippen LogP) is 0.652. The number of carboxylic acid groups (broad SMARTS) is 1. The van der Waals surface area contributed by atoms with Crippen LogP contribution < -0.4 is 4.72 Å². The third-order valence-corrected chi connectivity index (χ3v) is 3.56. The Kier molecular flexibility index (Phi) is 5.40. The second kappa shape index (κ2) is 6.81. The van der Waals surface area contributed by atoms with E-state index in [0.717, 1.165) is 11.8 Å². The second-order valence-corrected chi connectivity index (χ2v) is 5.36. The quantitative estimate of drug-likeness (QED) is 0.716. The van der Waals surface area contributed by atoms with Gasteiger partial charge in [0.2, 0.25) is 10.0 Å². The van der Waals surface area contributed by atoms with Gasteiger partial charge in [0.15, 0.2) is 0 Å². The lowest BCUT2D eigenvalue weighted by atomic mass is 10.2. The molecule has 0 radical (unpaired) electrons. The fraction of sp³-hybridized carbons (Fsp3) is 0.167. The first-order valence-corrected chi connectivity index (χ1v) is 6.86. The Hall–Kier alpha value is -1.99. The molecule has 19 heavy (non-hydrogen) atoms. The molecule has 1 aromatic rings. The summed E-state index contributed by atoms with van der Waals surface area (Å²) in [6.45, 7) is -0.663. The van der Waals surface area contributed by atoms with Gasteiger partial charge in [-0.3, -0.25) is 4.79 Å². The summed E-state index contributed by atoms with van der Waals surface area (Å²) in [4.78, 5) is 20.4. The van der Waals surface area contributed by atoms with E-state index in [1.54, 1.807) is 24.3 Å². The molecule has 0 aliphatic rings. The van der Waals surface area contributed by atoms with Crippen LogP contribution in [0.15, 0.2) is 35.2 Å². The first kappa shape index (κ1) is 15.1. The summed E-state index contributed by atoms with van der Waals surface area (Å²) < 4.78 is 25.3. The van der Waals surface area contributed by atoms with Crippen LogP contribution in [-0.2, 0) is 19.6 Å². The molecule has 102 valence electrons. The Balaban J connectivity index is 2.80. The van der Waals surface area contributed by atoms with Crippen LogP contribution in [0.4, 0.5) is 0 Å². The van der Waals surface area contributed by atoms with Gasteiger partial charge in [-0.25, -0.2) is 8.42 Å². The molecule has 0 spiro atoms. The average molecular weight is 283 g/mol. The Morgan fingerprint density at radius 2 is 1.89 bits per heavy atom. The van der Waals surface area contributed by atoms with Crippen LogP contribution in [0.25, 0.3) is 6.08 Å². The van der Waals surface area contributed by atoms with E-state index in [4.69, 9.17) is 5.11 Å². The minimum absolute atomic E-state index is 0.0127. The minimum Gasteiger partial charge on any atom is -0.480 e. The lowest BCUT2D eigenvalue weighted by Gasteiger charge is -2.04. The summed E-state index contributed by atoms with van der Waals surface area (Å²) in [5.41, 5.74) is 0.749. The van der Waals surface area contributed by atoms with Crippen molar-refractivity contribution in [1.82, 2.24) is 4.72 Å². The maximum atomic E-state index is 11.7. The molecule has 7 heteroatoms. The standard InChI is InChI=1S/C12H13NO5S/c14-8-2-1-3-10-4-6-11(7-5-10)19(17,18)13-9-12(15)16/h1,3-8,13H,2,9H2,(H,15,16). The molecule has 0 fully saturated rings. The van der Waals surface area contributed by atoms with Gasteiger partial charge < -0.3 is 9.90 Å². The fourth-order valence-electron chi connectivity index (χ4n) is 1.26. The molecule has 1 aromatic carbocycles. The highest BCUT2D eigenvalue weighted by molar-refractivity contribution is 7.89. The Bertz CT molecular complexity index is 575. The summed E-state index contributed by atoms with van der Waals surface area (Å²) in [5, 5.41) is 8.42. The summed E-state index contributed by atoms with van der Waals surface area (Å²) in [6, 6.07) is 5.86. The van der Waals surface area contributed by atoms with E-state index in [-0.39, 0.29) is 4.90 Å². The van der Waals surface area contributed by atoms with Gasteiger partial charge in [-0.2, -0.15) is 4.72 Å². The normalized spacial score (nSPS) is 11.6. The Labute approximate surface area is 110 Å². The highest BCUT2D eigenvalue weighted by Gasteiger charge is 2.14. The fourth-order valence-corrected chi connectivity index (χ4v) is 2.23. The van der Waals surface area contributed by atoms with Crippen molar-refractivity contribution < 1.29 is 23.1 Å². The molecular weight excluding hydrogens is 270 g/mol. The van der Waals surface area contributed by atoms with Crippen LogP contribution >= 0.6 is 0 Å². The number of hydrogen-bond donors (Lipinski definition) is 2. The van der Waals surface area contributed by atoms with Crippen LogP contribution in [0.5, 0.6) is 0 Å². The van der Waals surface area contributed by atoms with Gasteiger partial charge in [-0.05, 0) is 17.7 Å². The molecule has 6 nitrogen and oxygen atoms in total. The summed E-state index contributed by atoms with van der Waals surface area (Å²) in [5.74, 6) is -1.25. The van der Waals surface area contributed by atoms with Crippen molar-refractivity contribution in [3.05, 3.63) is 35.9 Å². The van der Waals surface area contributed by atoms with E-state index >= 15 is 0 Å². The van der Waals surface area contributed by atoms with Crippen molar-refractivity contribution in [2.75, 3.05) is 6.54 Å².